The molecule has 4 nitrogen and oxygen atoms in total. The molecular formula is C14H20N2O2. The van der Waals surface area contributed by atoms with E-state index in [2.05, 4.69) is 29.3 Å². The third-order valence-corrected chi connectivity index (χ3v) is 3.57. The average molecular weight is 248 g/mol. The average Bonchev–Trinajstić information content (AvgIpc) is 2.44. The number of hydrogen-bond donors (Lipinski definition) is 1. The fourth-order valence-corrected chi connectivity index (χ4v) is 2.56. The highest BCUT2D eigenvalue weighted by atomic mass is 16.6. The molecule has 0 saturated carbocycles. The zero-order chi connectivity index (χ0) is 12.4. The van der Waals surface area contributed by atoms with Crippen LogP contribution in [0.2, 0.25) is 0 Å². The standard InChI is InChI=1S/C14H20N2O2/c1-11-2-3-12(10-16-6-4-15-5-7-16)14-13(11)17-8-9-18-14/h2-3,15H,4-10H2,1H3. The lowest BCUT2D eigenvalue weighted by Crippen LogP contribution is -2.43. The highest BCUT2D eigenvalue weighted by Gasteiger charge is 2.20. The van der Waals surface area contributed by atoms with Crippen LogP contribution >= 0.6 is 0 Å². The summed E-state index contributed by atoms with van der Waals surface area (Å²) in [6, 6.07) is 4.30. The van der Waals surface area contributed by atoms with E-state index in [1.54, 1.807) is 0 Å². The molecule has 2 aliphatic rings. The van der Waals surface area contributed by atoms with Crippen molar-refractivity contribution in [1.82, 2.24) is 10.2 Å². The Kier molecular flexibility index (Phi) is 3.39. The van der Waals surface area contributed by atoms with E-state index in [4.69, 9.17) is 9.47 Å². The van der Waals surface area contributed by atoms with Crippen LogP contribution in [0.5, 0.6) is 11.5 Å². The highest BCUT2D eigenvalue weighted by molar-refractivity contribution is 5.52. The van der Waals surface area contributed by atoms with Crippen LogP contribution in [0.15, 0.2) is 12.1 Å². The Balaban J connectivity index is 1.82. The minimum Gasteiger partial charge on any atom is -0.486 e. The number of ether oxygens (including phenoxy) is 2. The van der Waals surface area contributed by atoms with Crippen molar-refractivity contribution < 1.29 is 9.47 Å². The molecule has 0 atom stereocenters. The predicted octanol–water partition coefficient (Wildman–Crippen LogP) is 1.17. The van der Waals surface area contributed by atoms with Gasteiger partial charge in [0.05, 0.1) is 0 Å². The van der Waals surface area contributed by atoms with Crippen molar-refractivity contribution in [3.8, 4) is 11.5 Å². The Bertz CT molecular complexity index is 428. The smallest absolute Gasteiger partial charge is 0.166 e. The maximum atomic E-state index is 5.81. The van der Waals surface area contributed by atoms with Gasteiger partial charge in [-0.2, -0.15) is 0 Å². The van der Waals surface area contributed by atoms with E-state index < -0.39 is 0 Å². The Morgan fingerprint density at radius 2 is 1.83 bits per heavy atom. The molecule has 1 aromatic rings. The van der Waals surface area contributed by atoms with Gasteiger partial charge in [-0.05, 0) is 12.5 Å². The summed E-state index contributed by atoms with van der Waals surface area (Å²) in [7, 11) is 0. The minimum atomic E-state index is 0.658. The molecule has 18 heavy (non-hydrogen) atoms. The molecule has 4 heteroatoms. The second kappa shape index (κ2) is 5.16. The van der Waals surface area contributed by atoms with Crippen LogP contribution in [-0.2, 0) is 6.54 Å². The summed E-state index contributed by atoms with van der Waals surface area (Å²) in [5, 5.41) is 3.37. The van der Waals surface area contributed by atoms with Gasteiger partial charge in [0.25, 0.3) is 0 Å². The molecule has 0 amide bonds. The van der Waals surface area contributed by atoms with Crippen LogP contribution in [0, 0.1) is 6.92 Å². The van der Waals surface area contributed by atoms with Crippen LogP contribution in [0.25, 0.3) is 0 Å². The van der Waals surface area contributed by atoms with Gasteiger partial charge in [0.15, 0.2) is 11.5 Å². The number of nitrogens with zero attached hydrogens (tertiary/aromatic N) is 1. The van der Waals surface area contributed by atoms with Crippen LogP contribution < -0.4 is 14.8 Å². The molecule has 0 radical (unpaired) electrons. The van der Waals surface area contributed by atoms with Gasteiger partial charge in [0, 0.05) is 38.3 Å². The maximum absolute atomic E-state index is 5.81. The number of aryl methyl sites for hydroxylation is 1. The summed E-state index contributed by atoms with van der Waals surface area (Å²) in [5.74, 6) is 1.90. The molecule has 3 rings (SSSR count). The molecule has 1 N–H and O–H groups in total. The molecule has 2 aliphatic heterocycles. The summed E-state index contributed by atoms with van der Waals surface area (Å²) in [6.07, 6.45) is 0. The topological polar surface area (TPSA) is 33.7 Å². The van der Waals surface area contributed by atoms with Crippen molar-refractivity contribution in [2.24, 2.45) is 0 Å². The molecule has 2 heterocycles. The first kappa shape index (κ1) is 11.8. The Morgan fingerprint density at radius 1 is 1.11 bits per heavy atom. The first-order chi connectivity index (χ1) is 8.84. The third kappa shape index (κ3) is 2.31. The molecule has 0 bridgehead atoms. The first-order valence-electron chi connectivity index (χ1n) is 6.66. The molecule has 0 spiro atoms. The number of hydrogen-bond acceptors (Lipinski definition) is 4. The van der Waals surface area contributed by atoms with Crippen molar-refractivity contribution in [2.45, 2.75) is 13.5 Å². The molecule has 0 aromatic heterocycles. The number of fused-ring (bicyclic) bond motifs is 1. The van der Waals surface area contributed by atoms with E-state index in [1.165, 1.54) is 5.56 Å². The molecule has 1 aromatic carbocycles. The van der Waals surface area contributed by atoms with Gasteiger partial charge >= 0.3 is 0 Å². The maximum Gasteiger partial charge on any atom is 0.166 e. The quantitative estimate of drug-likeness (QED) is 0.852. The zero-order valence-electron chi connectivity index (χ0n) is 10.9. The van der Waals surface area contributed by atoms with Crippen LogP contribution in [0.1, 0.15) is 11.1 Å². The van der Waals surface area contributed by atoms with Crippen LogP contribution in [0.3, 0.4) is 0 Å². The largest absolute Gasteiger partial charge is 0.486 e. The van der Waals surface area contributed by atoms with Gasteiger partial charge in [-0.15, -0.1) is 0 Å². The normalized spacial score (nSPS) is 19.8. The Labute approximate surface area is 108 Å². The molecular weight excluding hydrogens is 228 g/mol. The van der Waals surface area contributed by atoms with E-state index in [0.29, 0.717) is 13.2 Å². The first-order valence-corrected chi connectivity index (χ1v) is 6.66. The second-order valence-corrected chi connectivity index (χ2v) is 4.92. The molecule has 0 unspecified atom stereocenters. The van der Waals surface area contributed by atoms with Gasteiger partial charge in [0.1, 0.15) is 13.2 Å². The SMILES string of the molecule is Cc1ccc(CN2CCNCC2)c2c1OCCO2. The van der Waals surface area contributed by atoms with E-state index in [9.17, 15) is 0 Å². The second-order valence-electron chi connectivity index (χ2n) is 4.92. The van der Waals surface area contributed by atoms with Gasteiger partial charge in [-0.25, -0.2) is 0 Å². The van der Waals surface area contributed by atoms with Crippen molar-refractivity contribution >= 4 is 0 Å². The fourth-order valence-electron chi connectivity index (χ4n) is 2.56. The molecule has 1 fully saturated rings. The Morgan fingerprint density at radius 3 is 2.61 bits per heavy atom. The van der Waals surface area contributed by atoms with E-state index in [0.717, 1.165) is 49.8 Å². The monoisotopic (exact) mass is 248 g/mol. The number of nitrogens with one attached hydrogen (secondary N) is 1. The van der Waals surface area contributed by atoms with Gasteiger partial charge < -0.3 is 14.8 Å². The lowest BCUT2D eigenvalue weighted by molar-refractivity contribution is 0.164. The summed E-state index contributed by atoms with van der Waals surface area (Å²) >= 11 is 0. The summed E-state index contributed by atoms with van der Waals surface area (Å²) in [4.78, 5) is 2.46. The van der Waals surface area contributed by atoms with Crippen molar-refractivity contribution in [3.05, 3.63) is 23.3 Å². The van der Waals surface area contributed by atoms with E-state index in [1.807, 2.05) is 0 Å². The van der Waals surface area contributed by atoms with Crippen LogP contribution in [-0.4, -0.2) is 44.3 Å². The number of benzene rings is 1. The summed E-state index contributed by atoms with van der Waals surface area (Å²) < 4.78 is 11.5. The van der Waals surface area contributed by atoms with Gasteiger partial charge in [0.2, 0.25) is 0 Å². The van der Waals surface area contributed by atoms with Crippen molar-refractivity contribution in [3.63, 3.8) is 0 Å². The van der Waals surface area contributed by atoms with Crippen molar-refractivity contribution in [2.75, 3.05) is 39.4 Å². The van der Waals surface area contributed by atoms with Crippen molar-refractivity contribution in [1.29, 1.82) is 0 Å². The van der Waals surface area contributed by atoms with Crippen LogP contribution in [0.4, 0.5) is 0 Å². The zero-order valence-corrected chi connectivity index (χ0v) is 10.9. The molecule has 1 saturated heterocycles. The fraction of sp³-hybridized carbons (Fsp3) is 0.571. The summed E-state index contributed by atoms with van der Waals surface area (Å²) in [5.41, 5.74) is 2.41. The Hall–Kier alpha value is -1.26. The summed E-state index contributed by atoms with van der Waals surface area (Å²) in [6.45, 7) is 8.69. The van der Waals surface area contributed by atoms with Gasteiger partial charge in [-0.1, -0.05) is 12.1 Å². The molecule has 0 aliphatic carbocycles. The van der Waals surface area contributed by atoms with E-state index in [-0.39, 0.29) is 0 Å². The molecule has 98 valence electrons. The highest BCUT2D eigenvalue weighted by Crippen LogP contribution is 2.37. The van der Waals surface area contributed by atoms with E-state index >= 15 is 0 Å². The lowest BCUT2D eigenvalue weighted by Gasteiger charge is -2.29. The number of piperazine rings is 1. The number of rotatable bonds is 2. The lowest BCUT2D eigenvalue weighted by atomic mass is 10.1. The minimum absolute atomic E-state index is 0.658. The van der Waals surface area contributed by atoms with Gasteiger partial charge in [-0.3, -0.25) is 4.90 Å². The third-order valence-electron chi connectivity index (χ3n) is 3.57. The predicted molar refractivity (Wildman–Crippen MR) is 70.3 cm³/mol.